The second kappa shape index (κ2) is 7.74. The van der Waals surface area contributed by atoms with Gasteiger partial charge in [0.05, 0.1) is 5.92 Å². The SMILES string of the molecule is CC(C)N(C)CCCCNC(=O)C1CCCC1N. The van der Waals surface area contributed by atoms with Crippen LogP contribution in [0.1, 0.15) is 46.0 Å². The zero-order chi connectivity index (χ0) is 13.5. The number of amides is 1. The number of unbranched alkanes of at least 4 members (excludes halogenated alkanes) is 1. The Balaban J connectivity index is 2.05. The maximum absolute atomic E-state index is 11.9. The fourth-order valence-corrected chi connectivity index (χ4v) is 2.40. The van der Waals surface area contributed by atoms with Gasteiger partial charge in [0, 0.05) is 18.6 Å². The summed E-state index contributed by atoms with van der Waals surface area (Å²) in [5, 5.41) is 3.02. The van der Waals surface area contributed by atoms with Gasteiger partial charge in [0.15, 0.2) is 0 Å². The van der Waals surface area contributed by atoms with E-state index in [2.05, 4.69) is 31.1 Å². The number of nitrogens with one attached hydrogen (secondary N) is 1. The van der Waals surface area contributed by atoms with E-state index in [4.69, 9.17) is 5.73 Å². The highest BCUT2D eigenvalue weighted by atomic mass is 16.1. The number of carbonyl (C=O) groups is 1. The van der Waals surface area contributed by atoms with Crippen LogP contribution < -0.4 is 11.1 Å². The quantitative estimate of drug-likeness (QED) is 0.675. The van der Waals surface area contributed by atoms with Crippen molar-refractivity contribution in [3.05, 3.63) is 0 Å². The highest BCUT2D eigenvalue weighted by Gasteiger charge is 2.29. The van der Waals surface area contributed by atoms with Crippen LogP contribution in [0.5, 0.6) is 0 Å². The third-order valence-corrected chi connectivity index (χ3v) is 4.02. The number of rotatable bonds is 7. The van der Waals surface area contributed by atoms with Gasteiger partial charge in [-0.15, -0.1) is 0 Å². The van der Waals surface area contributed by atoms with E-state index in [9.17, 15) is 4.79 Å². The maximum Gasteiger partial charge on any atom is 0.224 e. The Bertz CT molecular complexity index is 255. The molecule has 3 N–H and O–H groups in total. The molecule has 1 saturated carbocycles. The Morgan fingerprint density at radius 2 is 2.11 bits per heavy atom. The predicted molar refractivity (Wildman–Crippen MR) is 75.3 cm³/mol. The highest BCUT2D eigenvalue weighted by molar-refractivity contribution is 5.79. The summed E-state index contributed by atoms with van der Waals surface area (Å²) in [4.78, 5) is 14.2. The van der Waals surface area contributed by atoms with E-state index in [1.807, 2.05) is 0 Å². The number of nitrogens with zero attached hydrogens (tertiary/aromatic N) is 1. The van der Waals surface area contributed by atoms with Gasteiger partial charge >= 0.3 is 0 Å². The van der Waals surface area contributed by atoms with E-state index in [0.717, 1.165) is 45.2 Å². The molecular formula is C14H29N3O. The van der Waals surface area contributed by atoms with Gasteiger partial charge < -0.3 is 16.0 Å². The highest BCUT2D eigenvalue weighted by Crippen LogP contribution is 2.23. The van der Waals surface area contributed by atoms with Crippen LogP contribution in [0, 0.1) is 5.92 Å². The topological polar surface area (TPSA) is 58.4 Å². The predicted octanol–water partition coefficient (Wildman–Crippen LogP) is 1.35. The molecule has 1 aliphatic carbocycles. The van der Waals surface area contributed by atoms with Gasteiger partial charge in [-0.25, -0.2) is 0 Å². The summed E-state index contributed by atoms with van der Waals surface area (Å²) in [6.45, 7) is 6.27. The van der Waals surface area contributed by atoms with Crippen molar-refractivity contribution >= 4 is 5.91 Å². The van der Waals surface area contributed by atoms with Gasteiger partial charge in [-0.05, 0) is 53.1 Å². The summed E-state index contributed by atoms with van der Waals surface area (Å²) in [6, 6.07) is 0.674. The summed E-state index contributed by atoms with van der Waals surface area (Å²) in [6.07, 6.45) is 5.23. The summed E-state index contributed by atoms with van der Waals surface area (Å²) in [5.41, 5.74) is 5.92. The first kappa shape index (κ1) is 15.4. The molecular weight excluding hydrogens is 226 g/mol. The molecule has 1 rings (SSSR count). The summed E-state index contributed by atoms with van der Waals surface area (Å²) in [7, 11) is 2.14. The monoisotopic (exact) mass is 255 g/mol. The standard InChI is InChI=1S/C14H29N3O/c1-11(2)17(3)10-5-4-9-16-14(18)12-7-6-8-13(12)15/h11-13H,4-10,15H2,1-3H3,(H,16,18). The lowest BCUT2D eigenvalue weighted by Crippen LogP contribution is -2.39. The van der Waals surface area contributed by atoms with Crippen molar-refractivity contribution in [3.63, 3.8) is 0 Å². The summed E-state index contributed by atoms with van der Waals surface area (Å²) >= 11 is 0. The first-order chi connectivity index (χ1) is 8.52. The van der Waals surface area contributed by atoms with Gasteiger partial charge in [0.1, 0.15) is 0 Å². The van der Waals surface area contributed by atoms with Crippen LogP contribution in [0.3, 0.4) is 0 Å². The lowest BCUT2D eigenvalue weighted by Gasteiger charge is -2.21. The van der Waals surface area contributed by atoms with Crippen molar-refractivity contribution in [2.45, 2.75) is 58.0 Å². The van der Waals surface area contributed by atoms with Crippen LogP contribution in [-0.2, 0) is 4.79 Å². The van der Waals surface area contributed by atoms with Crippen LogP contribution in [0.4, 0.5) is 0 Å². The molecule has 0 saturated heterocycles. The fourth-order valence-electron chi connectivity index (χ4n) is 2.40. The minimum atomic E-state index is 0.0586. The Kier molecular flexibility index (Phi) is 6.65. The van der Waals surface area contributed by atoms with E-state index in [1.54, 1.807) is 0 Å². The molecule has 0 spiro atoms. The van der Waals surface area contributed by atoms with Crippen molar-refractivity contribution in [3.8, 4) is 0 Å². The van der Waals surface area contributed by atoms with Gasteiger partial charge in [-0.1, -0.05) is 6.42 Å². The molecule has 1 amide bonds. The van der Waals surface area contributed by atoms with Crippen LogP contribution in [0.25, 0.3) is 0 Å². The molecule has 0 aliphatic heterocycles. The average Bonchev–Trinajstić information content (AvgIpc) is 2.74. The van der Waals surface area contributed by atoms with E-state index in [1.165, 1.54) is 0 Å². The van der Waals surface area contributed by atoms with Crippen molar-refractivity contribution in [1.29, 1.82) is 0 Å². The second-order valence-electron chi connectivity index (χ2n) is 5.77. The Morgan fingerprint density at radius 3 is 2.67 bits per heavy atom. The normalized spacial score (nSPS) is 23.9. The largest absolute Gasteiger partial charge is 0.356 e. The molecule has 0 aromatic heterocycles. The molecule has 0 radical (unpaired) electrons. The molecule has 0 aromatic carbocycles. The van der Waals surface area contributed by atoms with Crippen LogP contribution in [-0.4, -0.2) is 43.0 Å². The molecule has 1 fully saturated rings. The molecule has 18 heavy (non-hydrogen) atoms. The summed E-state index contributed by atoms with van der Waals surface area (Å²) < 4.78 is 0. The minimum Gasteiger partial charge on any atom is -0.356 e. The molecule has 4 nitrogen and oxygen atoms in total. The molecule has 2 unspecified atom stereocenters. The molecule has 0 heterocycles. The number of hydrogen-bond donors (Lipinski definition) is 2. The second-order valence-corrected chi connectivity index (χ2v) is 5.77. The van der Waals surface area contributed by atoms with Crippen LogP contribution in [0.15, 0.2) is 0 Å². The fraction of sp³-hybridized carbons (Fsp3) is 0.929. The molecule has 1 aliphatic rings. The van der Waals surface area contributed by atoms with E-state index in [-0.39, 0.29) is 17.9 Å². The van der Waals surface area contributed by atoms with Crippen molar-refractivity contribution < 1.29 is 4.79 Å². The minimum absolute atomic E-state index is 0.0586. The van der Waals surface area contributed by atoms with Crippen molar-refractivity contribution in [2.75, 3.05) is 20.1 Å². The van der Waals surface area contributed by atoms with Crippen molar-refractivity contribution in [2.24, 2.45) is 11.7 Å². The lowest BCUT2D eigenvalue weighted by molar-refractivity contribution is -0.125. The van der Waals surface area contributed by atoms with E-state index in [0.29, 0.717) is 6.04 Å². The molecule has 0 bridgehead atoms. The number of nitrogens with two attached hydrogens (primary N) is 1. The third-order valence-electron chi connectivity index (χ3n) is 4.02. The smallest absolute Gasteiger partial charge is 0.224 e. The van der Waals surface area contributed by atoms with Crippen molar-refractivity contribution in [1.82, 2.24) is 10.2 Å². The Labute approximate surface area is 111 Å². The Morgan fingerprint density at radius 1 is 1.39 bits per heavy atom. The van der Waals surface area contributed by atoms with Gasteiger partial charge in [0.25, 0.3) is 0 Å². The first-order valence-electron chi connectivity index (χ1n) is 7.26. The maximum atomic E-state index is 11.9. The number of hydrogen-bond acceptors (Lipinski definition) is 3. The molecule has 106 valence electrons. The van der Waals surface area contributed by atoms with Gasteiger partial charge in [-0.3, -0.25) is 4.79 Å². The molecule has 2 atom stereocenters. The lowest BCUT2D eigenvalue weighted by atomic mass is 10.0. The zero-order valence-electron chi connectivity index (χ0n) is 12.1. The number of carbonyl (C=O) groups excluding carboxylic acids is 1. The molecule has 0 aromatic rings. The Hall–Kier alpha value is -0.610. The zero-order valence-corrected chi connectivity index (χ0v) is 12.1. The first-order valence-corrected chi connectivity index (χ1v) is 7.26. The van der Waals surface area contributed by atoms with Gasteiger partial charge in [0.2, 0.25) is 5.91 Å². The van der Waals surface area contributed by atoms with Gasteiger partial charge in [-0.2, -0.15) is 0 Å². The third kappa shape index (κ3) is 4.94. The summed E-state index contributed by atoms with van der Waals surface area (Å²) in [5.74, 6) is 0.223. The van der Waals surface area contributed by atoms with Crippen LogP contribution in [0.2, 0.25) is 0 Å². The average molecular weight is 255 g/mol. The van der Waals surface area contributed by atoms with Crippen LogP contribution >= 0.6 is 0 Å². The molecule has 4 heteroatoms. The van der Waals surface area contributed by atoms with E-state index >= 15 is 0 Å². The van der Waals surface area contributed by atoms with E-state index < -0.39 is 0 Å².